The van der Waals surface area contributed by atoms with Gasteiger partial charge in [-0.25, -0.2) is 0 Å². The van der Waals surface area contributed by atoms with E-state index in [0.717, 1.165) is 29.5 Å². The predicted octanol–water partition coefficient (Wildman–Crippen LogP) is 3.56. The van der Waals surface area contributed by atoms with Gasteiger partial charge in [-0.05, 0) is 43.7 Å². The number of likely N-dealkylation sites (tertiary alicyclic amines) is 1. The molecule has 1 saturated heterocycles. The molecule has 3 rings (SSSR count). The Morgan fingerprint density at radius 3 is 2.60 bits per heavy atom. The van der Waals surface area contributed by atoms with Crippen molar-refractivity contribution in [1.29, 1.82) is 0 Å². The van der Waals surface area contributed by atoms with E-state index in [1.807, 2.05) is 34.6 Å². The van der Waals surface area contributed by atoms with E-state index < -0.39 is 0 Å². The quantitative estimate of drug-likeness (QED) is 0.784. The van der Waals surface area contributed by atoms with E-state index >= 15 is 0 Å². The second kappa shape index (κ2) is 7.60. The average Bonchev–Trinajstić information content (AvgIpc) is 3.01. The van der Waals surface area contributed by atoms with Crippen LogP contribution in [-0.2, 0) is 4.79 Å². The number of hydrogen-bond acceptors (Lipinski definition) is 4. The standard InChI is InChI=1S/C19H26N4OS/c1-13-9-14(2)11-22(10-13)18(24)16(4)25-19-21-20-12-23(19)17-8-6-5-7-15(17)3/h5-8,12-14,16H,9-11H2,1-4H3. The summed E-state index contributed by atoms with van der Waals surface area (Å²) in [7, 11) is 0. The summed E-state index contributed by atoms with van der Waals surface area (Å²) >= 11 is 1.48. The lowest BCUT2D eigenvalue weighted by molar-refractivity contribution is -0.132. The molecule has 0 bridgehead atoms. The molecule has 1 aromatic carbocycles. The molecule has 1 aliphatic rings. The van der Waals surface area contributed by atoms with E-state index in [-0.39, 0.29) is 11.2 Å². The van der Waals surface area contributed by atoms with Crippen LogP contribution in [0.1, 0.15) is 32.8 Å². The Morgan fingerprint density at radius 1 is 1.24 bits per heavy atom. The molecule has 1 aromatic heterocycles. The molecule has 5 nitrogen and oxygen atoms in total. The number of benzene rings is 1. The Labute approximate surface area is 153 Å². The van der Waals surface area contributed by atoms with Crippen molar-refractivity contribution in [3.05, 3.63) is 36.2 Å². The Bertz CT molecular complexity index is 735. The number of aromatic nitrogens is 3. The van der Waals surface area contributed by atoms with E-state index in [4.69, 9.17) is 0 Å². The van der Waals surface area contributed by atoms with Crippen LogP contribution >= 0.6 is 11.8 Å². The summed E-state index contributed by atoms with van der Waals surface area (Å²) in [5.74, 6) is 1.34. The van der Waals surface area contributed by atoms with Gasteiger partial charge in [-0.2, -0.15) is 0 Å². The molecule has 3 atom stereocenters. The number of rotatable bonds is 4. The third kappa shape index (κ3) is 4.06. The minimum Gasteiger partial charge on any atom is -0.341 e. The van der Waals surface area contributed by atoms with E-state index in [0.29, 0.717) is 11.8 Å². The van der Waals surface area contributed by atoms with Gasteiger partial charge in [0.25, 0.3) is 0 Å². The average molecular weight is 359 g/mol. The van der Waals surface area contributed by atoms with Gasteiger partial charge in [0.05, 0.1) is 10.9 Å². The molecule has 1 amide bonds. The number of hydrogen-bond donors (Lipinski definition) is 0. The number of thioether (sulfide) groups is 1. The van der Waals surface area contributed by atoms with Gasteiger partial charge in [-0.15, -0.1) is 10.2 Å². The Kier molecular flexibility index (Phi) is 5.47. The van der Waals surface area contributed by atoms with E-state index in [2.05, 4.69) is 37.0 Å². The van der Waals surface area contributed by atoms with Crippen molar-refractivity contribution in [2.24, 2.45) is 11.8 Å². The van der Waals surface area contributed by atoms with Crippen LogP contribution in [0.15, 0.2) is 35.7 Å². The molecule has 134 valence electrons. The molecule has 1 aliphatic heterocycles. The normalized spacial score (nSPS) is 22.0. The Morgan fingerprint density at radius 2 is 1.92 bits per heavy atom. The molecule has 0 saturated carbocycles. The maximum atomic E-state index is 12.9. The van der Waals surface area contributed by atoms with Crippen LogP contribution < -0.4 is 0 Å². The Balaban J connectivity index is 1.74. The summed E-state index contributed by atoms with van der Waals surface area (Å²) in [5.41, 5.74) is 2.21. The number of carbonyl (C=O) groups excluding carboxylic acids is 1. The second-order valence-corrected chi connectivity index (χ2v) is 8.53. The lowest BCUT2D eigenvalue weighted by Gasteiger charge is -2.36. The van der Waals surface area contributed by atoms with E-state index in [1.165, 1.54) is 18.2 Å². The first-order valence-electron chi connectivity index (χ1n) is 8.87. The van der Waals surface area contributed by atoms with Crippen LogP contribution in [0.4, 0.5) is 0 Å². The zero-order chi connectivity index (χ0) is 18.0. The van der Waals surface area contributed by atoms with Crippen molar-refractivity contribution in [2.45, 2.75) is 44.5 Å². The fourth-order valence-corrected chi connectivity index (χ4v) is 4.53. The SMILES string of the molecule is Cc1ccccc1-n1cnnc1SC(C)C(=O)N1CC(C)CC(C)C1. The molecule has 25 heavy (non-hydrogen) atoms. The number of piperidine rings is 1. The first-order valence-corrected chi connectivity index (χ1v) is 9.75. The molecule has 0 N–H and O–H groups in total. The highest BCUT2D eigenvalue weighted by Crippen LogP contribution is 2.28. The highest BCUT2D eigenvalue weighted by atomic mass is 32.2. The van der Waals surface area contributed by atoms with Crippen LogP contribution in [0.25, 0.3) is 5.69 Å². The molecular weight excluding hydrogens is 332 g/mol. The summed E-state index contributed by atoms with van der Waals surface area (Å²) in [4.78, 5) is 14.9. The van der Waals surface area contributed by atoms with E-state index in [1.54, 1.807) is 6.33 Å². The van der Waals surface area contributed by atoms with Gasteiger partial charge in [-0.3, -0.25) is 9.36 Å². The van der Waals surface area contributed by atoms with Crippen molar-refractivity contribution in [2.75, 3.05) is 13.1 Å². The summed E-state index contributed by atoms with van der Waals surface area (Å²) in [6.45, 7) is 10.2. The van der Waals surface area contributed by atoms with Crippen LogP contribution in [0.5, 0.6) is 0 Å². The lowest BCUT2D eigenvalue weighted by Crippen LogP contribution is -2.45. The van der Waals surface area contributed by atoms with Crippen molar-refractivity contribution in [3.63, 3.8) is 0 Å². The number of aryl methyl sites for hydroxylation is 1. The molecule has 0 spiro atoms. The minimum absolute atomic E-state index is 0.176. The molecular formula is C19H26N4OS. The molecule has 2 aromatic rings. The maximum absolute atomic E-state index is 12.9. The molecule has 1 fully saturated rings. The van der Waals surface area contributed by atoms with Crippen LogP contribution in [0.2, 0.25) is 0 Å². The number of carbonyl (C=O) groups is 1. The van der Waals surface area contributed by atoms with Gasteiger partial charge in [-0.1, -0.05) is 43.8 Å². The van der Waals surface area contributed by atoms with Gasteiger partial charge >= 0.3 is 0 Å². The minimum atomic E-state index is -0.176. The van der Waals surface area contributed by atoms with Gasteiger partial charge in [0.1, 0.15) is 6.33 Å². The monoisotopic (exact) mass is 358 g/mol. The van der Waals surface area contributed by atoms with E-state index in [9.17, 15) is 4.79 Å². The second-order valence-electron chi connectivity index (χ2n) is 7.22. The summed E-state index contributed by atoms with van der Waals surface area (Å²) in [6, 6.07) is 8.13. The predicted molar refractivity (Wildman–Crippen MR) is 101 cm³/mol. The molecule has 6 heteroatoms. The maximum Gasteiger partial charge on any atom is 0.235 e. The first kappa shape index (κ1) is 18.0. The molecule has 0 radical (unpaired) electrons. The summed E-state index contributed by atoms with van der Waals surface area (Å²) < 4.78 is 1.96. The topological polar surface area (TPSA) is 51.0 Å². The summed E-state index contributed by atoms with van der Waals surface area (Å²) in [6.07, 6.45) is 2.92. The van der Waals surface area contributed by atoms with Gasteiger partial charge < -0.3 is 4.90 Å². The third-order valence-electron chi connectivity index (χ3n) is 4.70. The van der Waals surface area contributed by atoms with Crippen LogP contribution in [0.3, 0.4) is 0 Å². The molecule has 0 aliphatic carbocycles. The highest BCUT2D eigenvalue weighted by Gasteiger charge is 2.29. The third-order valence-corrected chi connectivity index (χ3v) is 5.75. The summed E-state index contributed by atoms with van der Waals surface area (Å²) in [5, 5.41) is 8.87. The van der Waals surface area contributed by atoms with Crippen LogP contribution in [0, 0.1) is 18.8 Å². The van der Waals surface area contributed by atoms with Crippen molar-refractivity contribution in [1.82, 2.24) is 19.7 Å². The first-order chi connectivity index (χ1) is 12.0. The smallest absolute Gasteiger partial charge is 0.235 e. The fraction of sp³-hybridized carbons (Fsp3) is 0.526. The zero-order valence-corrected chi connectivity index (χ0v) is 16.2. The highest BCUT2D eigenvalue weighted by molar-refractivity contribution is 8.00. The molecule has 2 heterocycles. The fourth-order valence-electron chi connectivity index (χ4n) is 3.61. The number of para-hydroxylation sites is 1. The largest absolute Gasteiger partial charge is 0.341 e. The van der Waals surface area contributed by atoms with Crippen molar-refractivity contribution >= 4 is 17.7 Å². The van der Waals surface area contributed by atoms with Crippen LogP contribution in [-0.4, -0.2) is 43.9 Å². The van der Waals surface area contributed by atoms with Gasteiger partial charge in [0, 0.05) is 13.1 Å². The lowest BCUT2D eigenvalue weighted by atomic mass is 9.92. The van der Waals surface area contributed by atoms with Gasteiger partial charge in [0.15, 0.2) is 5.16 Å². The van der Waals surface area contributed by atoms with Crippen molar-refractivity contribution in [3.8, 4) is 5.69 Å². The number of nitrogens with zero attached hydrogens (tertiary/aromatic N) is 4. The van der Waals surface area contributed by atoms with Crippen molar-refractivity contribution < 1.29 is 4.79 Å². The zero-order valence-electron chi connectivity index (χ0n) is 15.3. The Hall–Kier alpha value is -1.82. The van der Waals surface area contributed by atoms with Gasteiger partial charge in [0.2, 0.25) is 5.91 Å². The number of amides is 1. The molecule has 3 unspecified atom stereocenters.